The second-order valence-electron chi connectivity index (χ2n) is 9.32. The summed E-state index contributed by atoms with van der Waals surface area (Å²) < 4.78 is 9.07. The van der Waals surface area contributed by atoms with Crippen molar-refractivity contribution in [2.45, 2.75) is 78.6 Å². The van der Waals surface area contributed by atoms with Gasteiger partial charge in [0.15, 0.2) is 0 Å². The fourth-order valence-electron chi connectivity index (χ4n) is 4.19. The van der Waals surface area contributed by atoms with Gasteiger partial charge in [0, 0.05) is 32.2 Å². The molecular formula is C24H35N5O3. The van der Waals surface area contributed by atoms with Crippen molar-refractivity contribution in [2.75, 3.05) is 18.0 Å². The van der Waals surface area contributed by atoms with Crippen LogP contribution in [0.15, 0.2) is 17.1 Å². The van der Waals surface area contributed by atoms with E-state index < -0.39 is 5.60 Å². The summed E-state index contributed by atoms with van der Waals surface area (Å²) in [5, 5.41) is 4.76. The molecule has 3 rings (SSSR count). The lowest BCUT2D eigenvalue weighted by Gasteiger charge is -2.47. The average Bonchev–Trinajstić information content (AvgIpc) is 3.17. The maximum absolute atomic E-state index is 12.9. The van der Waals surface area contributed by atoms with Gasteiger partial charge >= 0.3 is 6.09 Å². The van der Waals surface area contributed by atoms with Crippen LogP contribution < -0.4 is 10.5 Å². The van der Waals surface area contributed by atoms with Crippen LogP contribution in [0.2, 0.25) is 0 Å². The summed E-state index contributed by atoms with van der Waals surface area (Å²) >= 11 is 0. The highest BCUT2D eigenvalue weighted by Gasteiger charge is 2.38. The van der Waals surface area contributed by atoms with Crippen LogP contribution in [0.4, 0.5) is 10.5 Å². The fraction of sp³-hybridized carbons (Fsp3) is 0.625. The molecule has 8 nitrogen and oxygen atoms in total. The Bertz CT molecular complexity index is 1100. The minimum Gasteiger partial charge on any atom is -0.444 e. The van der Waals surface area contributed by atoms with Gasteiger partial charge in [-0.05, 0) is 40.5 Å². The normalized spacial score (nSPS) is 19.1. The van der Waals surface area contributed by atoms with Crippen LogP contribution in [0, 0.1) is 11.8 Å². The van der Waals surface area contributed by atoms with Gasteiger partial charge in [0.05, 0.1) is 23.4 Å². The van der Waals surface area contributed by atoms with E-state index in [9.17, 15) is 9.59 Å². The van der Waals surface area contributed by atoms with E-state index in [4.69, 9.17) is 9.84 Å². The summed E-state index contributed by atoms with van der Waals surface area (Å²) in [6, 6.07) is 1.71. The number of hydrogen-bond donors (Lipinski definition) is 0. The van der Waals surface area contributed by atoms with Gasteiger partial charge in [-0.15, -0.1) is 5.92 Å². The molecule has 1 amide bonds. The summed E-state index contributed by atoms with van der Waals surface area (Å²) in [5.74, 6) is 5.91. The van der Waals surface area contributed by atoms with Gasteiger partial charge in [-0.2, -0.15) is 5.10 Å². The number of ether oxygens (including phenoxy) is 1. The molecule has 1 aliphatic rings. The monoisotopic (exact) mass is 441 g/mol. The molecule has 1 saturated heterocycles. The number of pyridine rings is 1. The van der Waals surface area contributed by atoms with E-state index in [-0.39, 0.29) is 23.7 Å². The van der Waals surface area contributed by atoms with Gasteiger partial charge in [-0.1, -0.05) is 19.8 Å². The number of amides is 1. The predicted molar refractivity (Wildman–Crippen MR) is 127 cm³/mol. The van der Waals surface area contributed by atoms with Gasteiger partial charge in [-0.3, -0.25) is 9.48 Å². The molecule has 0 saturated carbocycles. The van der Waals surface area contributed by atoms with Crippen LogP contribution in [0.25, 0.3) is 11.0 Å². The number of rotatable bonds is 4. The lowest BCUT2D eigenvalue weighted by atomic mass is 10.0. The molecule has 3 heterocycles. The molecule has 32 heavy (non-hydrogen) atoms. The Morgan fingerprint density at radius 3 is 2.50 bits per heavy atom. The number of aromatic nitrogens is 3. The SMILES string of the molecule is CC#CCn1cc2c(n1)c(N1C[C@@H](CC)N(C(=O)OC(C)(C)C)C[C@@H]1CC)cc(=O)n2C. The van der Waals surface area contributed by atoms with Crippen molar-refractivity contribution in [2.24, 2.45) is 7.05 Å². The van der Waals surface area contributed by atoms with E-state index in [2.05, 4.69) is 30.6 Å². The first-order valence-electron chi connectivity index (χ1n) is 11.3. The molecule has 0 aromatic carbocycles. The highest BCUT2D eigenvalue weighted by atomic mass is 16.6. The number of piperazine rings is 1. The zero-order valence-corrected chi connectivity index (χ0v) is 20.3. The van der Waals surface area contributed by atoms with E-state index in [1.54, 1.807) is 29.3 Å². The number of nitrogens with zero attached hydrogens (tertiary/aromatic N) is 5. The number of hydrogen-bond acceptors (Lipinski definition) is 5. The van der Waals surface area contributed by atoms with Crippen molar-refractivity contribution in [3.8, 4) is 11.8 Å². The second-order valence-corrected chi connectivity index (χ2v) is 9.32. The van der Waals surface area contributed by atoms with Crippen LogP contribution in [0.3, 0.4) is 0 Å². The Morgan fingerprint density at radius 1 is 1.22 bits per heavy atom. The number of carbonyl (C=O) groups is 1. The first kappa shape index (κ1) is 23.7. The van der Waals surface area contributed by atoms with Crippen LogP contribution >= 0.6 is 0 Å². The van der Waals surface area contributed by atoms with E-state index in [0.29, 0.717) is 19.6 Å². The third kappa shape index (κ3) is 4.77. The molecule has 2 aromatic heterocycles. The Kier molecular flexibility index (Phi) is 6.87. The molecule has 174 valence electrons. The molecule has 0 spiro atoms. The summed E-state index contributed by atoms with van der Waals surface area (Å²) in [7, 11) is 1.76. The molecule has 0 aliphatic carbocycles. The lowest BCUT2D eigenvalue weighted by Crippen LogP contribution is -2.60. The largest absolute Gasteiger partial charge is 0.444 e. The molecular weight excluding hydrogens is 406 g/mol. The second kappa shape index (κ2) is 9.27. The van der Waals surface area contributed by atoms with Crippen molar-refractivity contribution in [3.63, 3.8) is 0 Å². The quantitative estimate of drug-likeness (QED) is 0.680. The van der Waals surface area contributed by atoms with Gasteiger partial charge < -0.3 is 19.1 Å². The third-order valence-electron chi connectivity index (χ3n) is 5.93. The zero-order chi connectivity index (χ0) is 23.6. The van der Waals surface area contributed by atoms with E-state index in [1.165, 1.54) is 0 Å². The van der Waals surface area contributed by atoms with Crippen LogP contribution in [-0.4, -0.2) is 56.1 Å². The number of anilines is 1. The summed E-state index contributed by atoms with van der Waals surface area (Å²) in [4.78, 5) is 29.8. The van der Waals surface area contributed by atoms with Crippen molar-refractivity contribution >= 4 is 22.8 Å². The minimum absolute atomic E-state index is 0.0141. The van der Waals surface area contributed by atoms with Crippen LogP contribution in [-0.2, 0) is 18.3 Å². The molecule has 0 radical (unpaired) electrons. The molecule has 2 atom stereocenters. The Morgan fingerprint density at radius 2 is 1.91 bits per heavy atom. The van der Waals surface area contributed by atoms with Crippen LogP contribution in [0.1, 0.15) is 54.4 Å². The molecule has 1 aliphatic heterocycles. The standard InChI is InChI=1S/C24H35N5O3/c1-8-11-12-27-16-20-22(25-27)19(13-21(30)26(20)7)28-14-18(10-3)29(15-17(28)9-2)23(31)32-24(4,5)6/h13,16-18H,9-10,12,14-15H2,1-7H3/t17-,18+/m0/s1. The molecule has 8 heteroatoms. The van der Waals surface area contributed by atoms with Crippen molar-refractivity contribution in [1.82, 2.24) is 19.2 Å². The highest BCUT2D eigenvalue weighted by molar-refractivity contribution is 5.88. The molecule has 0 unspecified atom stereocenters. The number of aryl methyl sites for hydroxylation is 1. The zero-order valence-electron chi connectivity index (χ0n) is 20.3. The number of carbonyl (C=O) groups excluding carboxylic acids is 1. The summed E-state index contributed by atoms with van der Waals surface area (Å²) in [6.07, 6.45) is 3.22. The Labute approximate surface area is 190 Å². The van der Waals surface area contributed by atoms with Crippen molar-refractivity contribution in [3.05, 3.63) is 22.6 Å². The molecule has 2 aromatic rings. The molecule has 0 bridgehead atoms. The molecule has 1 fully saturated rings. The first-order chi connectivity index (χ1) is 15.1. The topological polar surface area (TPSA) is 72.6 Å². The smallest absolute Gasteiger partial charge is 0.410 e. The minimum atomic E-state index is -0.541. The average molecular weight is 442 g/mol. The van der Waals surface area contributed by atoms with E-state index in [0.717, 1.165) is 29.6 Å². The highest BCUT2D eigenvalue weighted by Crippen LogP contribution is 2.31. The third-order valence-corrected chi connectivity index (χ3v) is 5.93. The summed E-state index contributed by atoms with van der Waals surface area (Å²) in [5.41, 5.74) is 1.76. The van der Waals surface area contributed by atoms with Gasteiger partial charge in [0.1, 0.15) is 17.7 Å². The lowest BCUT2D eigenvalue weighted by molar-refractivity contribution is 0.00990. The van der Waals surface area contributed by atoms with Crippen molar-refractivity contribution in [1.29, 1.82) is 0 Å². The van der Waals surface area contributed by atoms with Gasteiger partial charge in [-0.25, -0.2) is 4.79 Å². The number of fused-ring (bicyclic) bond motifs is 1. The predicted octanol–water partition coefficient (Wildman–Crippen LogP) is 3.37. The van der Waals surface area contributed by atoms with E-state index >= 15 is 0 Å². The Balaban J connectivity index is 2.02. The van der Waals surface area contributed by atoms with E-state index in [1.807, 2.05) is 31.9 Å². The Hall–Kier alpha value is -2.95. The van der Waals surface area contributed by atoms with Gasteiger partial charge in [0.2, 0.25) is 0 Å². The maximum atomic E-state index is 12.9. The first-order valence-corrected chi connectivity index (χ1v) is 11.3. The van der Waals surface area contributed by atoms with Crippen LogP contribution in [0.5, 0.6) is 0 Å². The van der Waals surface area contributed by atoms with Crippen molar-refractivity contribution < 1.29 is 9.53 Å². The summed E-state index contributed by atoms with van der Waals surface area (Å²) in [6.45, 7) is 13.3. The molecule has 0 N–H and O–H groups in total. The fourth-order valence-corrected chi connectivity index (χ4v) is 4.19. The van der Waals surface area contributed by atoms with Gasteiger partial charge in [0.25, 0.3) is 5.56 Å². The maximum Gasteiger partial charge on any atom is 0.410 e.